The summed E-state index contributed by atoms with van der Waals surface area (Å²) < 4.78 is 38.7. The Morgan fingerprint density at radius 2 is 1.74 bits per heavy atom. The Hall–Kier alpha value is -2.46. The van der Waals surface area contributed by atoms with Gasteiger partial charge in [-0.25, -0.2) is 0 Å². The Balaban J connectivity index is 1.65. The van der Waals surface area contributed by atoms with Crippen LogP contribution in [0, 0.1) is 10.1 Å². The van der Waals surface area contributed by atoms with E-state index in [0.717, 1.165) is 17.0 Å². The van der Waals surface area contributed by atoms with Crippen LogP contribution in [0.2, 0.25) is 5.02 Å². The monoisotopic (exact) mass is 473 g/mol. The van der Waals surface area contributed by atoms with Crippen LogP contribution in [0.25, 0.3) is 0 Å². The van der Waals surface area contributed by atoms with Gasteiger partial charge in [0.25, 0.3) is 5.69 Å². The molecule has 1 aliphatic heterocycles. The molecule has 1 amide bonds. The van der Waals surface area contributed by atoms with Crippen LogP contribution in [0.4, 0.5) is 24.5 Å². The van der Waals surface area contributed by atoms with Crippen LogP contribution in [0.15, 0.2) is 47.4 Å². The van der Waals surface area contributed by atoms with Crippen LogP contribution in [0.3, 0.4) is 0 Å². The zero-order valence-electron chi connectivity index (χ0n) is 16.4. The van der Waals surface area contributed by atoms with Crippen molar-refractivity contribution in [3.8, 4) is 0 Å². The Morgan fingerprint density at radius 1 is 1.13 bits per heavy atom. The smallest absolute Gasteiger partial charge is 0.362 e. The van der Waals surface area contributed by atoms with Crippen molar-refractivity contribution in [2.75, 3.05) is 31.1 Å². The van der Waals surface area contributed by atoms with Crippen molar-refractivity contribution in [2.45, 2.75) is 23.2 Å². The van der Waals surface area contributed by atoms with E-state index in [1.807, 2.05) is 12.1 Å². The molecule has 6 nitrogen and oxygen atoms in total. The number of nitrogens with zero attached hydrogens (tertiary/aromatic N) is 3. The second kappa shape index (κ2) is 9.35. The molecule has 166 valence electrons. The largest absolute Gasteiger partial charge is 0.416 e. The van der Waals surface area contributed by atoms with Gasteiger partial charge < -0.3 is 9.80 Å². The number of hydrogen-bond acceptors (Lipinski definition) is 5. The molecule has 0 bridgehead atoms. The first-order valence-corrected chi connectivity index (χ1v) is 10.6. The van der Waals surface area contributed by atoms with Gasteiger partial charge in [0.05, 0.1) is 15.7 Å². The van der Waals surface area contributed by atoms with Gasteiger partial charge >= 0.3 is 6.18 Å². The molecule has 0 N–H and O–H groups in total. The topological polar surface area (TPSA) is 66.7 Å². The SMILES string of the molecule is CC(Sc1ccc(Cl)cc1)C(=O)N1CCN(c2ccc(C(F)(F)F)cc2[N+](=O)[O-])CC1. The fraction of sp³-hybridized carbons (Fsp3) is 0.350. The fourth-order valence-electron chi connectivity index (χ4n) is 3.31. The number of halogens is 4. The molecule has 1 atom stereocenters. The molecule has 1 heterocycles. The maximum atomic E-state index is 12.9. The summed E-state index contributed by atoms with van der Waals surface area (Å²) in [6, 6.07) is 9.67. The maximum absolute atomic E-state index is 12.9. The molecular formula is C20H19ClF3N3O3S. The van der Waals surface area contributed by atoms with Gasteiger partial charge in [0.2, 0.25) is 5.91 Å². The molecule has 0 aliphatic carbocycles. The fourth-order valence-corrected chi connectivity index (χ4v) is 4.38. The predicted octanol–water partition coefficient (Wildman–Crippen LogP) is 5.10. The van der Waals surface area contributed by atoms with E-state index in [-0.39, 0.29) is 29.9 Å². The number of thioether (sulfide) groups is 1. The van der Waals surface area contributed by atoms with Gasteiger partial charge in [0.15, 0.2) is 0 Å². The summed E-state index contributed by atoms with van der Waals surface area (Å²) in [5.41, 5.74) is -1.54. The number of piperazine rings is 1. The molecule has 0 radical (unpaired) electrons. The highest BCUT2D eigenvalue weighted by Crippen LogP contribution is 2.37. The predicted molar refractivity (Wildman–Crippen MR) is 114 cm³/mol. The number of nitro benzene ring substituents is 1. The number of hydrogen-bond donors (Lipinski definition) is 0. The molecule has 0 spiro atoms. The minimum absolute atomic E-state index is 0.0680. The van der Waals surface area contributed by atoms with E-state index < -0.39 is 22.4 Å². The van der Waals surface area contributed by atoms with Crippen LogP contribution in [-0.2, 0) is 11.0 Å². The van der Waals surface area contributed by atoms with Crippen LogP contribution >= 0.6 is 23.4 Å². The van der Waals surface area contributed by atoms with Gasteiger partial charge in [-0.3, -0.25) is 14.9 Å². The first-order chi connectivity index (χ1) is 14.6. The molecule has 1 aliphatic rings. The summed E-state index contributed by atoms with van der Waals surface area (Å²) in [7, 11) is 0. The van der Waals surface area contributed by atoms with E-state index in [0.29, 0.717) is 24.2 Å². The maximum Gasteiger partial charge on any atom is 0.416 e. The minimum Gasteiger partial charge on any atom is -0.362 e. The molecule has 1 saturated heterocycles. The van der Waals surface area contributed by atoms with E-state index in [2.05, 4.69) is 0 Å². The molecule has 31 heavy (non-hydrogen) atoms. The van der Waals surface area contributed by atoms with Crippen LogP contribution < -0.4 is 4.90 Å². The van der Waals surface area contributed by atoms with E-state index in [1.165, 1.54) is 11.8 Å². The van der Waals surface area contributed by atoms with E-state index in [4.69, 9.17) is 11.6 Å². The average Bonchev–Trinajstić information content (AvgIpc) is 2.73. The summed E-state index contributed by atoms with van der Waals surface area (Å²) in [6.07, 6.45) is -4.66. The third kappa shape index (κ3) is 5.62. The molecule has 2 aromatic carbocycles. The first kappa shape index (κ1) is 23.2. The minimum atomic E-state index is -4.66. The lowest BCUT2D eigenvalue weighted by atomic mass is 10.1. The number of carbonyl (C=O) groups is 1. The molecule has 2 aromatic rings. The standard InChI is InChI=1S/C20H19ClF3N3O3S/c1-13(31-16-5-3-15(21)4-6-16)19(28)26-10-8-25(9-11-26)17-7-2-14(20(22,23)24)12-18(17)27(29)30/h2-7,12-13H,8-11H2,1H3. The molecule has 0 saturated carbocycles. The number of amides is 1. The lowest BCUT2D eigenvalue weighted by molar-refractivity contribution is -0.384. The highest BCUT2D eigenvalue weighted by Gasteiger charge is 2.34. The van der Waals surface area contributed by atoms with Crippen molar-refractivity contribution in [2.24, 2.45) is 0 Å². The van der Waals surface area contributed by atoms with E-state index >= 15 is 0 Å². The summed E-state index contributed by atoms with van der Waals surface area (Å²) in [5, 5.41) is 11.6. The molecule has 0 aromatic heterocycles. The lowest BCUT2D eigenvalue weighted by Gasteiger charge is -2.36. The lowest BCUT2D eigenvalue weighted by Crippen LogP contribution is -2.50. The first-order valence-electron chi connectivity index (χ1n) is 9.38. The van der Waals surface area contributed by atoms with Crippen molar-refractivity contribution < 1.29 is 22.9 Å². The summed E-state index contributed by atoms with van der Waals surface area (Å²) in [4.78, 5) is 27.5. The molecule has 1 fully saturated rings. The second-order valence-electron chi connectivity index (χ2n) is 6.98. The quantitative estimate of drug-likeness (QED) is 0.343. The van der Waals surface area contributed by atoms with Crippen LogP contribution in [-0.4, -0.2) is 47.2 Å². The number of rotatable bonds is 5. The number of carbonyl (C=O) groups excluding carboxylic acids is 1. The Morgan fingerprint density at radius 3 is 2.29 bits per heavy atom. The molecule has 3 rings (SSSR count). The third-order valence-corrected chi connectivity index (χ3v) is 6.26. The third-order valence-electron chi connectivity index (χ3n) is 4.91. The van der Waals surface area contributed by atoms with Crippen LogP contribution in [0.1, 0.15) is 12.5 Å². The number of nitro groups is 1. The van der Waals surface area contributed by atoms with E-state index in [1.54, 1.807) is 28.9 Å². The molecule has 11 heteroatoms. The Labute approximate surface area is 186 Å². The Kier molecular flexibility index (Phi) is 7.00. The normalized spacial score (nSPS) is 15.6. The Bertz CT molecular complexity index is 964. The zero-order valence-corrected chi connectivity index (χ0v) is 18.0. The van der Waals surface area contributed by atoms with Gasteiger partial charge in [-0.05, 0) is 43.3 Å². The van der Waals surface area contributed by atoms with Gasteiger partial charge in [0.1, 0.15) is 5.69 Å². The highest BCUT2D eigenvalue weighted by atomic mass is 35.5. The second-order valence-corrected chi connectivity index (χ2v) is 8.84. The van der Waals surface area contributed by atoms with Crippen molar-refractivity contribution in [3.63, 3.8) is 0 Å². The number of anilines is 1. The van der Waals surface area contributed by atoms with Gasteiger partial charge in [-0.2, -0.15) is 13.2 Å². The van der Waals surface area contributed by atoms with Crippen molar-refractivity contribution >= 4 is 40.6 Å². The van der Waals surface area contributed by atoms with E-state index in [9.17, 15) is 28.1 Å². The van der Waals surface area contributed by atoms with Gasteiger partial charge in [-0.1, -0.05) is 11.6 Å². The van der Waals surface area contributed by atoms with Gasteiger partial charge in [0, 0.05) is 42.2 Å². The summed E-state index contributed by atoms with van der Waals surface area (Å²) in [5.74, 6) is -0.0680. The van der Waals surface area contributed by atoms with Crippen molar-refractivity contribution in [1.29, 1.82) is 0 Å². The van der Waals surface area contributed by atoms with Crippen LogP contribution in [0.5, 0.6) is 0 Å². The summed E-state index contributed by atoms with van der Waals surface area (Å²) >= 11 is 7.27. The number of alkyl halides is 3. The van der Waals surface area contributed by atoms with Crippen molar-refractivity contribution in [3.05, 3.63) is 63.2 Å². The van der Waals surface area contributed by atoms with Crippen molar-refractivity contribution in [1.82, 2.24) is 4.90 Å². The average molecular weight is 474 g/mol. The van der Waals surface area contributed by atoms with Gasteiger partial charge in [-0.15, -0.1) is 11.8 Å². The number of benzene rings is 2. The summed E-state index contributed by atoms with van der Waals surface area (Å²) in [6.45, 7) is 3.02. The zero-order chi connectivity index (χ0) is 22.8. The highest BCUT2D eigenvalue weighted by molar-refractivity contribution is 8.00. The molecular weight excluding hydrogens is 455 g/mol. The molecule has 1 unspecified atom stereocenters.